The first kappa shape index (κ1) is 20.7. The summed E-state index contributed by atoms with van der Waals surface area (Å²) in [5, 5.41) is 2.85. The highest BCUT2D eigenvalue weighted by molar-refractivity contribution is 5.94. The Labute approximate surface area is 182 Å². The number of oxazole rings is 1. The molecule has 1 amide bonds. The highest BCUT2D eigenvalue weighted by Crippen LogP contribution is 2.26. The fraction of sp³-hybridized carbons (Fsp3) is 0.231. The lowest BCUT2D eigenvalue weighted by Crippen LogP contribution is -2.20. The normalized spacial score (nSPS) is 12.0. The molecule has 0 radical (unpaired) electrons. The van der Waals surface area contributed by atoms with Gasteiger partial charge in [0.05, 0.1) is 0 Å². The predicted octanol–water partition coefficient (Wildman–Crippen LogP) is 6.33. The van der Waals surface area contributed by atoms with Crippen molar-refractivity contribution in [2.45, 2.75) is 33.1 Å². The van der Waals surface area contributed by atoms with Crippen molar-refractivity contribution in [3.63, 3.8) is 0 Å². The molecule has 0 spiro atoms. The zero-order chi connectivity index (χ0) is 21.8. The van der Waals surface area contributed by atoms with Crippen molar-refractivity contribution in [3.8, 4) is 17.2 Å². The van der Waals surface area contributed by atoms with Crippen LogP contribution in [0.4, 0.5) is 5.69 Å². The molecule has 1 heterocycles. The molecule has 5 nitrogen and oxygen atoms in total. The maximum Gasteiger partial charge on any atom is 0.262 e. The van der Waals surface area contributed by atoms with Gasteiger partial charge < -0.3 is 14.5 Å². The maximum absolute atomic E-state index is 12.3. The third-order valence-corrected chi connectivity index (χ3v) is 5.40. The van der Waals surface area contributed by atoms with E-state index in [2.05, 4.69) is 24.1 Å². The summed E-state index contributed by atoms with van der Waals surface area (Å²) < 4.78 is 11.5. The van der Waals surface area contributed by atoms with Crippen LogP contribution in [0.3, 0.4) is 0 Å². The largest absolute Gasteiger partial charge is 0.484 e. The van der Waals surface area contributed by atoms with Crippen molar-refractivity contribution in [3.05, 3.63) is 77.9 Å². The highest BCUT2D eigenvalue weighted by Gasteiger charge is 2.11. The van der Waals surface area contributed by atoms with Gasteiger partial charge in [0.2, 0.25) is 5.89 Å². The molecule has 0 unspecified atom stereocenters. The monoisotopic (exact) mass is 414 g/mol. The second kappa shape index (κ2) is 9.04. The summed E-state index contributed by atoms with van der Waals surface area (Å²) in [5.41, 5.74) is 5.38. The predicted molar refractivity (Wildman–Crippen MR) is 123 cm³/mol. The first-order chi connectivity index (χ1) is 15.0. The number of nitrogens with one attached hydrogen (secondary N) is 1. The Morgan fingerprint density at radius 1 is 1.06 bits per heavy atom. The van der Waals surface area contributed by atoms with Gasteiger partial charge in [0.25, 0.3) is 5.91 Å². The van der Waals surface area contributed by atoms with Crippen LogP contribution in [0.15, 0.2) is 71.1 Å². The quantitative estimate of drug-likeness (QED) is 0.383. The fourth-order valence-electron chi connectivity index (χ4n) is 3.30. The average molecular weight is 415 g/mol. The molecule has 4 aromatic rings. The van der Waals surface area contributed by atoms with E-state index in [0.717, 1.165) is 12.0 Å². The number of aryl methyl sites for hydroxylation is 1. The van der Waals surface area contributed by atoms with Gasteiger partial charge in [-0.1, -0.05) is 43.7 Å². The number of carbonyl (C=O) groups excluding carboxylic acids is 1. The average Bonchev–Trinajstić information content (AvgIpc) is 3.21. The Kier molecular flexibility index (Phi) is 6.03. The number of benzene rings is 3. The van der Waals surface area contributed by atoms with Crippen molar-refractivity contribution in [1.29, 1.82) is 0 Å². The van der Waals surface area contributed by atoms with Crippen LogP contribution in [-0.4, -0.2) is 17.5 Å². The minimum Gasteiger partial charge on any atom is -0.484 e. The SMILES string of the molecule is CC[C@@H](C)c1ccc(OCC(=O)Nc2ccc3oc(-c4ccc(C)cc4)nc3c2)cc1. The molecular formula is C26H26N2O3. The molecule has 0 fully saturated rings. The fourth-order valence-corrected chi connectivity index (χ4v) is 3.30. The number of hydrogen-bond donors (Lipinski definition) is 1. The third kappa shape index (κ3) is 4.94. The van der Waals surface area contributed by atoms with E-state index in [9.17, 15) is 4.79 Å². The van der Waals surface area contributed by atoms with Crippen LogP contribution >= 0.6 is 0 Å². The van der Waals surface area contributed by atoms with Gasteiger partial charge in [0, 0.05) is 11.3 Å². The lowest BCUT2D eigenvalue weighted by molar-refractivity contribution is -0.118. The molecule has 0 aliphatic carbocycles. The van der Waals surface area contributed by atoms with Gasteiger partial charge in [-0.25, -0.2) is 4.98 Å². The van der Waals surface area contributed by atoms with Crippen LogP contribution in [-0.2, 0) is 4.79 Å². The van der Waals surface area contributed by atoms with E-state index in [0.29, 0.717) is 34.3 Å². The molecule has 31 heavy (non-hydrogen) atoms. The van der Waals surface area contributed by atoms with Crippen LogP contribution in [0.5, 0.6) is 5.75 Å². The minimum absolute atomic E-state index is 0.0614. The highest BCUT2D eigenvalue weighted by atomic mass is 16.5. The molecule has 0 aliphatic rings. The summed E-state index contributed by atoms with van der Waals surface area (Å²) in [6.07, 6.45) is 1.09. The standard InChI is InChI=1S/C26H26N2O3/c1-4-18(3)19-9-12-22(13-10-19)30-16-25(29)27-21-11-14-24-23(15-21)28-26(31-24)20-7-5-17(2)6-8-20/h5-15,18H,4,16H2,1-3H3,(H,27,29)/t18-/m1/s1. The van der Waals surface area contributed by atoms with Gasteiger partial charge >= 0.3 is 0 Å². The number of ether oxygens (including phenoxy) is 1. The smallest absolute Gasteiger partial charge is 0.262 e. The van der Waals surface area contributed by atoms with E-state index >= 15 is 0 Å². The van der Waals surface area contributed by atoms with E-state index in [1.807, 2.05) is 61.5 Å². The first-order valence-corrected chi connectivity index (χ1v) is 10.5. The molecule has 4 rings (SSSR count). The number of rotatable bonds is 7. The van der Waals surface area contributed by atoms with E-state index in [1.165, 1.54) is 11.1 Å². The second-order valence-electron chi connectivity index (χ2n) is 7.78. The van der Waals surface area contributed by atoms with Crippen molar-refractivity contribution < 1.29 is 13.9 Å². The van der Waals surface area contributed by atoms with E-state index < -0.39 is 0 Å². The van der Waals surface area contributed by atoms with Crippen LogP contribution < -0.4 is 10.1 Å². The first-order valence-electron chi connectivity index (χ1n) is 10.5. The molecule has 0 saturated carbocycles. The molecule has 1 atom stereocenters. The number of carbonyl (C=O) groups is 1. The molecule has 1 aromatic heterocycles. The van der Waals surface area contributed by atoms with E-state index in [-0.39, 0.29) is 12.5 Å². The number of anilines is 1. The second-order valence-corrected chi connectivity index (χ2v) is 7.78. The molecule has 5 heteroatoms. The topological polar surface area (TPSA) is 64.4 Å². The minimum atomic E-state index is -0.229. The maximum atomic E-state index is 12.3. The summed E-state index contributed by atoms with van der Waals surface area (Å²) >= 11 is 0. The van der Waals surface area contributed by atoms with Gasteiger partial charge in [0.1, 0.15) is 11.3 Å². The van der Waals surface area contributed by atoms with E-state index in [1.54, 1.807) is 12.1 Å². The molecule has 0 bridgehead atoms. The summed E-state index contributed by atoms with van der Waals surface area (Å²) in [4.78, 5) is 16.9. The number of amides is 1. The zero-order valence-corrected chi connectivity index (χ0v) is 18.0. The van der Waals surface area contributed by atoms with Gasteiger partial charge in [-0.15, -0.1) is 0 Å². The van der Waals surface area contributed by atoms with Crippen molar-refractivity contribution >= 4 is 22.7 Å². The van der Waals surface area contributed by atoms with Crippen LogP contribution in [0.25, 0.3) is 22.6 Å². The summed E-state index contributed by atoms with van der Waals surface area (Å²) in [6.45, 7) is 6.34. The van der Waals surface area contributed by atoms with Crippen LogP contribution in [0.1, 0.15) is 37.3 Å². The summed E-state index contributed by atoms with van der Waals surface area (Å²) in [6, 6.07) is 21.3. The number of nitrogens with zero attached hydrogens (tertiary/aromatic N) is 1. The van der Waals surface area contributed by atoms with Gasteiger partial charge in [0.15, 0.2) is 12.2 Å². The van der Waals surface area contributed by atoms with Gasteiger partial charge in [-0.05, 0) is 67.3 Å². The molecule has 1 N–H and O–H groups in total. The Morgan fingerprint density at radius 2 is 1.81 bits per heavy atom. The van der Waals surface area contributed by atoms with E-state index in [4.69, 9.17) is 9.15 Å². The lowest BCUT2D eigenvalue weighted by Gasteiger charge is -2.11. The zero-order valence-electron chi connectivity index (χ0n) is 18.0. The molecule has 0 saturated heterocycles. The summed E-state index contributed by atoms with van der Waals surface area (Å²) in [7, 11) is 0. The number of aromatic nitrogens is 1. The van der Waals surface area contributed by atoms with Gasteiger partial charge in [-0.3, -0.25) is 4.79 Å². The van der Waals surface area contributed by atoms with Crippen LogP contribution in [0, 0.1) is 6.92 Å². The van der Waals surface area contributed by atoms with Crippen molar-refractivity contribution in [1.82, 2.24) is 4.98 Å². The van der Waals surface area contributed by atoms with Crippen LogP contribution in [0.2, 0.25) is 0 Å². The third-order valence-electron chi connectivity index (χ3n) is 5.40. The Hall–Kier alpha value is -3.60. The Balaban J connectivity index is 1.38. The molecule has 3 aromatic carbocycles. The van der Waals surface area contributed by atoms with Gasteiger partial charge in [-0.2, -0.15) is 0 Å². The Bertz CT molecular complexity index is 1180. The number of fused-ring (bicyclic) bond motifs is 1. The molecular weight excluding hydrogens is 388 g/mol. The van der Waals surface area contributed by atoms with Crippen molar-refractivity contribution in [2.24, 2.45) is 0 Å². The molecule has 0 aliphatic heterocycles. The van der Waals surface area contributed by atoms with Crippen molar-refractivity contribution in [2.75, 3.05) is 11.9 Å². The number of hydrogen-bond acceptors (Lipinski definition) is 4. The lowest BCUT2D eigenvalue weighted by atomic mass is 9.99. The summed E-state index contributed by atoms with van der Waals surface area (Å²) in [5.74, 6) is 1.52. The Morgan fingerprint density at radius 3 is 2.52 bits per heavy atom. The molecule has 158 valence electrons.